The molecule has 0 radical (unpaired) electrons. The van der Waals surface area contributed by atoms with E-state index in [1.54, 1.807) is 0 Å². The van der Waals surface area contributed by atoms with Crippen LogP contribution in [0.15, 0.2) is 23.2 Å². The quantitative estimate of drug-likeness (QED) is 0.170. The van der Waals surface area contributed by atoms with E-state index in [-0.39, 0.29) is 36.0 Å². The van der Waals surface area contributed by atoms with Crippen molar-refractivity contribution < 1.29 is 18.3 Å². The van der Waals surface area contributed by atoms with Crippen molar-refractivity contribution in [3.05, 3.63) is 29.8 Å². The van der Waals surface area contributed by atoms with Gasteiger partial charge in [-0.1, -0.05) is 6.42 Å². The number of rotatable bonds is 9. The number of halogens is 3. The van der Waals surface area contributed by atoms with Gasteiger partial charge >= 0.3 is 5.97 Å². The molecule has 29 heavy (non-hydrogen) atoms. The predicted octanol–water partition coefficient (Wildman–Crippen LogP) is 3.45. The van der Waals surface area contributed by atoms with Crippen molar-refractivity contribution >= 4 is 41.6 Å². The number of aliphatic imine (C=N–C) groups is 1. The Morgan fingerprint density at radius 3 is 2.79 bits per heavy atom. The van der Waals surface area contributed by atoms with Crippen LogP contribution >= 0.6 is 24.0 Å². The van der Waals surface area contributed by atoms with Gasteiger partial charge in [-0.05, 0) is 38.3 Å². The highest BCUT2D eigenvalue weighted by Gasteiger charge is 2.25. The van der Waals surface area contributed by atoms with E-state index >= 15 is 0 Å². The molecule has 2 N–H and O–H groups in total. The number of anilines is 1. The van der Waals surface area contributed by atoms with E-state index in [2.05, 4.69) is 20.4 Å². The molecule has 6 nitrogen and oxygen atoms in total. The summed E-state index contributed by atoms with van der Waals surface area (Å²) in [6.07, 6.45) is 3.90. The minimum atomic E-state index is -0.566. The number of nitrogens with zero attached hydrogens (tertiary/aromatic N) is 2. The third kappa shape index (κ3) is 8.71. The summed E-state index contributed by atoms with van der Waals surface area (Å²) in [7, 11) is 1.40. The predicted molar refractivity (Wildman–Crippen MR) is 122 cm³/mol. The van der Waals surface area contributed by atoms with Crippen LogP contribution in [0.3, 0.4) is 0 Å². The highest BCUT2D eigenvalue weighted by atomic mass is 127. The third-order valence-corrected chi connectivity index (χ3v) is 4.66. The summed E-state index contributed by atoms with van der Waals surface area (Å²) in [6, 6.07) is 3.83. The fourth-order valence-corrected chi connectivity index (χ4v) is 3.20. The largest absolute Gasteiger partial charge is 0.469 e. The summed E-state index contributed by atoms with van der Waals surface area (Å²) < 4.78 is 31.7. The highest BCUT2D eigenvalue weighted by Crippen LogP contribution is 2.24. The number of carbonyl (C=O) groups excluding carboxylic acids is 1. The first-order valence-corrected chi connectivity index (χ1v) is 9.85. The fraction of sp³-hybridized carbons (Fsp3) is 0.600. The van der Waals surface area contributed by atoms with Gasteiger partial charge in [-0.2, -0.15) is 0 Å². The van der Waals surface area contributed by atoms with Crippen molar-refractivity contribution in [1.29, 1.82) is 0 Å². The van der Waals surface area contributed by atoms with Crippen molar-refractivity contribution in [2.24, 2.45) is 4.99 Å². The lowest BCUT2D eigenvalue weighted by Gasteiger charge is -2.21. The van der Waals surface area contributed by atoms with E-state index in [0.29, 0.717) is 31.7 Å². The molecule has 1 aliphatic heterocycles. The molecule has 0 saturated carbocycles. The average molecular weight is 524 g/mol. The van der Waals surface area contributed by atoms with Gasteiger partial charge in [0.05, 0.1) is 12.8 Å². The van der Waals surface area contributed by atoms with Gasteiger partial charge in [0, 0.05) is 44.7 Å². The molecule has 0 spiro atoms. The van der Waals surface area contributed by atoms with Gasteiger partial charge in [0.25, 0.3) is 0 Å². The zero-order valence-electron chi connectivity index (χ0n) is 17.0. The first kappa shape index (κ1) is 25.4. The number of carbonyl (C=O) groups is 1. The Hall–Kier alpha value is -1.65. The van der Waals surface area contributed by atoms with Crippen molar-refractivity contribution in [2.75, 3.05) is 38.2 Å². The second-order valence-corrected chi connectivity index (χ2v) is 6.82. The zero-order chi connectivity index (χ0) is 20.4. The van der Waals surface area contributed by atoms with Crippen LogP contribution in [0.2, 0.25) is 0 Å². The summed E-state index contributed by atoms with van der Waals surface area (Å²) in [5.41, 5.74) is 0.429. The monoisotopic (exact) mass is 524 g/mol. The van der Waals surface area contributed by atoms with E-state index in [9.17, 15) is 13.6 Å². The lowest BCUT2D eigenvalue weighted by molar-refractivity contribution is -0.140. The Labute approximate surface area is 188 Å². The van der Waals surface area contributed by atoms with Crippen molar-refractivity contribution in [2.45, 2.75) is 45.1 Å². The van der Waals surface area contributed by atoms with Crippen molar-refractivity contribution in [1.82, 2.24) is 10.6 Å². The van der Waals surface area contributed by atoms with E-state index in [4.69, 9.17) is 0 Å². The summed E-state index contributed by atoms with van der Waals surface area (Å²) in [4.78, 5) is 17.6. The van der Waals surface area contributed by atoms with E-state index in [1.807, 2.05) is 11.8 Å². The SMILES string of the molecule is CCNC(=NCCCCCC(=O)OC)NC1CCN(c2ccc(F)cc2F)C1.I. The van der Waals surface area contributed by atoms with Gasteiger partial charge in [0.1, 0.15) is 11.6 Å². The molecule has 1 aliphatic rings. The first-order chi connectivity index (χ1) is 13.5. The summed E-state index contributed by atoms with van der Waals surface area (Å²) in [5.74, 6) is -0.541. The molecule has 1 saturated heterocycles. The molecule has 1 fully saturated rings. The van der Waals surface area contributed by atoms with E-state index < -0.39 is 11.6 Å². The molecule has 1 atom stereocenters. The number of guanidine groups is 1. The van der Waals surface area contributed by atoms with Crippen molar-refractivity contribution in [3.63, 3.8) is 0 Å². The fourth-order valence-electron chi connectivity index (χ4n) is 3.20. The molecule has 2 rings (SSSR count). The van der Waals surface area contributed by atoms with Gasteiger partial charge in [0.15, 0.2) is 5.96 Å². The van der Waals surface area contributed by atoms with Gasteiger partial charge in [0.2, 0.25) is 0 Å². The molecule has 1 heterocycles. The average Bonchev–Trinajstić information content (AvgIpc) is 3.12. The maximum atomic E-state index is 14.0. The second kappa shape index (κ2) is 13.6. The van der Waals surface area contributed by atoms with Crippen LogP contribution in [0, 0.1) is 11.6 Å². The third-order valence-electron chi connectivity index (χ3n) is 4.66. The molecular weight excluding hydrogens is 493 g/mol. The number of methoxy groups -OCH3 is 1. The van der Waals surface area contributed by atoms with Gasteiger partial charge in [-0.25, -0.2) is 8.78 Å². The summed E-state index contributed by atoms with van der Waals surface area (Å²) in [6.45, 7) is 4.75. The van der Waals surface area contributed by atoms with Crippen LogP contribution < -0.4 is 15.5 Å². The lowest BCUT2D eigenvalue weighted by Crippen LogP contribution is -2.44. The molecular formula is C20H31F2IN4O2. The molecule has 0 bridgehead atoms. The summed E-state index contributed by atoms with van der Waals surface area (Å²) in [5, 5.41) is 6.62. The Morgan fingerprint density at radius 1 is 1.31 bits per heavy atom. The number of esters is 1. The Bertz CT molecular complexity index is 676. The number of ether oxygens (including phenoxy) is 1. The topological polar surface area (TPSA) is 66.0 Å². The van der Waals surface area contributed by atoms with Crippen LogP contribution in [-0.2, 0) is 9.53 Å². The number of hydrogen-bond acceptors (Lipinski definition) is 4. The normalized spacial score (nSPS) is 16.3. The van der Waals surface area contributed by atoms with Crippen LogP contribution in [0.1, 0.15) is 39.0 Å². The molecule has 1 aromatic rings. The molecule has 0 aliphatic carbocycles. The lowest BCUT2D eigenvalue weighted by atomic mass is 10.2. The van der Waals surface area contributed by atoms with Crippen LogP contribution in [0.4, 0.5) is 14.5 Å². The Kier molecular flexibility index (Phi) is 11.9. The van der Waals surface area contributed by atoms with Gasteiger partial charge < -0.3 is 20.3 Å². The maximum absolute atomic E-state index is 14.0. The van der Waals surface area contributed by atoms with Gasteiger partial charge in [-0.15, -0.1) is 24.0 Å². The number of benzene rings is 1. The number of hydrogen-bond donors (Lipinski definition) is 2. The molecule has 1 unspecified atom stereocenters. The maximum Gasteiger partial charge on any atom is 0.305 e. The molecule has 164 valence electrons. The van der Waals surface area contributed by atoms with E-state index in [0.717, 1.165) is 44.3 Å². The zero-order valence-corrected chi connectivity index (χ0v) is 19.4. The molecule has 0 amide bonds. The number of nitrogens with one attached hydrogen (secondary N) is 2. The van der Waals surface area contributed by atoms with Crippen LogP contribution in [0.5, 0.6) is 0 Å². The number of unbranched alkanes of at least 4 members (excludes halogenated alkanes) is 2. The van der Waals surface area contributed by atoms with Crippen LogP contribution in [-0.4, -0.2) is 51.3 Å². The Balaban J connectivity index is 0.00000420. The Morgan fingerprint density at radius 2 is 2.10 bits per heavy atom. The molecule has 9 heteroatoms. The molecule has 1 aromatic carbocycles. The smallest absolute Gasteiger partial charge is 0.305 e. The minimum Gasteiger partial charge on any atom is -0.469 e. The summed E-state index contributed by atoms with van der Waals surface area (Å²) >= 11 is 0. The second-order valence-electron chi connectivity index (χ2n) is 6.82. The standard InChI is InChI=1S/C20H30F2N4O2.HI/c1-3-23-20(24-11-6-4-5-7-19(27)28-2)25-16-10-12-26(14-16)18-9-8-15(21)13-17(18)22;/h8-9,13,16H,3-7,10-12,14H2,1-2H3,(H2,23,24,25);1H. The van der Waals surface area contributed by atoms with Crippen LogP contribution in [0.25, 0.3) is 0 Å². The molecule has 0 aromatic heterocycles. The first-order valence-electron chi connectivity index (χ1n) is 9.85. The van der Waals surface area contributed by atoms with Crippen molar-refractivity contribution in [3.8, 4) is 0 Å². The minimum absolute atomic E-state index is 0. The highest BCUT2D eigenvalue weighted by molar-refractivity contribution is 14.0. The van der Waals surface area contributed by atoms with Gasteiger partial charge in [-0.3, -0.25) is 9.79 Å². The van der Waals surface area contributed by atoms with E-state index in [1.165, 1.54) is 19.2 Å².